The van der Waals surface area contributed by atoms with Gasteiger partial charge in [0.25, 0.3) is 5.91 Å². The molecule has 0 aromatic heterocycles. The van der Waals surface area contributed by atoms with Gasteiger partial charge in [0, 0.05) is 18.7 Å². The zero-order valence-electron chi connectivity index (χ0n) is 12.0. The fourth-order valence-corrected chi connectivity index (χ4v) is 2.33. The van der Waals surface area contributed by atoms with E-state index in [0.717, 1.165) is 12.2 Å². The molecule has 1 aromatic rings. The molecule has 0 saturated carbocycles. The van der Waals surface area contributed by atoms with Crippen molar-refractivity contribution in [1.82, 2.24) is 4.90 Å². The van der Waals surface area contributed by atoms with Crippen molar-refractivity contribution in [1.29, 1.82) is 0 Å². The van der Waals surface area contributed by atoms with Crippen molar-refractivity contribution in [3.8, 4) is 5.75 Å². The van der Waals surface area contributed by atoms with Gasteiger partial charge in [0.05, 0.1) is 12.8 Å². The number of nitrogens with zero attached hydrogens (tertiary/aromatic N) is 1. The van der Waals surface area contributed by atoms with Crippen LogP contribution in [0.2, 0.25) is 0 Å². The predicted octanol–water partition coefficient (Wildman–Crippen LogP) is 2.49. The first-order chi connectivity index (χ1) is 9.01. The van der Waals surface area contributed by atoms with Gasteiger partial charge in [-0.15, -0.1) is 0 Å². The molecule has 5 heteroatoms. The zero-order chi connectivity index (χ0) is 14.4. The smallest absolute Gasteiger partial charge is 0.253 e. The van der Waals surface area contributed by atoms with Gasteiger partial charge in [-0.2, -0.15) is 11.8 Å². The number of carbonyl (C=O) groups excluding carboxylic acids is 1. The highest BCUT2D eigenvalue weighted by Gasteiger charge is 2.18. The normalized spacial score (nSPS) is 12.0. The SMILES string of the molecule is COc1ccc(C(=O)N(C)C(C)CCSC)cc1N. The van der Waals surface area contributed by atoms with E-state index in [-0.39, 0.29) is 11.9 Å². The number of hydrogen-bond donors (Lipinski definition) is 1. The van der Waals surface area contributed by atoms with Crippen molar-refractivity contribution >= 4 is 23.4 Å². The monoisotopic (exact) mass is 282 g/mol. The summed E-state index contributed by atoms with van der Waals surface area (Å²) in [5, 5.41) is 0. The molecule has 0 saturated heterocycles. The van der Waals surface area contributed by atoms with Crippen molar-refractivity contribution < 1.29 is 9.53 Å². The number of anilines is 1. The van der Waals surface area contributed by atoms with E-state index in [4.69, 9.17) is 10.5 Å². The number of benzene rings is 1. The minimum atomic E-state index is -0.0112. The summed E-state index contributed by atoms with van der Waals surface area (Å²) in [6.07, 6.45) is 3.05. The maximum Gasteiger partial charge on any atom is 0.253 e. The summed E-state index contributed by atoms with van der Waals surface area (Å²) < 4.78 is 5.09. The minimum absolute atomic E-state index is 0.0112. The average Bonchev–Trinajstić information content (AvgIpc) is 2.42. The fourth-order valence-electron chi connectivity index (χ4n) is 1.75. The molecule has 0 aliphatic rings. The molecule has 0 radical (unpaired) electrons. The van der Waals surface area contributed by atoms with Gasteiger partial charge in [-0.3, -0.25) is 4.79 Å². The first-order valence-corrected chi connectivity index (χ1v) is 7.60. The molecule has 1 aromatic carbocycles. The van der Waals surface area contributed by atoms with E-state index in [9.17, 15) is 4.79 Å². The third-order valence-electron chi connectivity index (χ3n) is 3.20. The van der Waals surface area contributed by atoms with E-state index in [1.807, 2.05) is 7.05 Å². The standard InChI is InChI=1S/C14H22N2O2S/c1-10(7-8-19-4)16(2)14(17)11-5-6-13(18-3)12(15)9-11/h5-6,9-10H,7-8,15H2,1-4H3. The Morgan fingerprint density at radius 3 is 2.74 bits per heavy atom. The number of methoxy groups -OCH3 is 1. The minimum Gasteiger partial charge on any atom is -0.495 e. The number of nitrogen functional groups attached to an aromatic ring is 1. The van der Waals surface area contributed by atoms with Gasteiger partial charge >= 0.3 is 0 Å². The van der Waals surface area contributed by atoms with Gasteiger partial charge in [0.15, 0.2) is 0 Å². The summed E-state index contributed by atoms with van der Waals surface area (Å²) in [5.74, 6) is 1.63. The van der Waals surface area contributed by atoms with E-state index < -0.39 is 0 Å². The van der Waals surface area contributed by atoms with Crippen LogP contribution in [0.4, 0.5) is 5.69 Å². The molecule has 1 atom stereocenters. The molecule has 0 spiro atoms. The highest BCUT2D eigenvalue weighted by molar-refractivity contribution is 7.98. The van der Waals surface area contributed by atoms with Crippen LogP contribution in [-0.4, -0.2) is 43.0 Å². The van der Waals surface area contributed by atoms with Crippen LogP contribution in [0.3, 0.4) is 0 Å². The molecule has 106 valence electrons. The molecule has 4 nitrogen and oxygen atoms in total. The van der Waals surface area contributed by atoms with Crippen LogP contribution in [0.25, 0.3) is 0 Å². The highest BCUT2D eigenvalue weighted by atomic mass is 32.2. The van der Waals surface area contributed by atoms with Crippen LogP contribution < -0.4 is 10.5 Å². The second-order valence-electron chi connectivity index (χ2n) is 4.50. The molecule has 0 heterocycles. The Bertz CT molecular complexity index is 437. The molecule has 2 N–H and O–H groups in total. The summed E-state index contributed by atoms with van der Waals surface area (Å²) in [6.45, 7) is 2.06. The van der Waals surface area contributed by atoms with Crippen LogP contribution in [0.1, 0.15) is 23.7 Å². The zero-order valence-corrected chi connectivity index (χ0v) is 12.8. The lowest BCUT2D eigenvalue weighted by atomic mass is 10.1. The van der Waals surface area contributed by atoms with Gasteiger partial charge in [0.1, 0.15) is 5.75 Å². The Hall–Kier alpha value is -1.36. The highest BCUT2D eigenvalue weighted by Crippen LogP contribution is 2.23. The number of rotatable bonds is 6. The van der Waals surface area contributed by atoms with Crippen LogP contribution in [0.15, 0.2) is 18.2 Å². The number of ether oxygens (including phenoxy) is 1. The molecule has 1 amide bonds. The van der Waals surface area contributed by atoms with Crippen molar-refractivity contribution in [3.63, 3.8) is 0 Å². The van der Waals surface area contributed by atoms with E-state index in [1.54, 1.807) is 42.0 Å². The Morgan fingerprint density at radius 2 is 2.21 bits per heavy atom. The lowest BCUT2D eigenvalue weighted by Gasteiger charge is -2.25. The van der Waals surface area contributed by atoms with Crippen molar-refractivity contribution in [3.05, 3.63) is 23.8 Å². The number of amides is 1. The topological polar surface area (TPSA) is 55.6 Å². The number of nitrogens with two attached hydrogens (primary N) is 1. The predicted molar refractivity (Wildman–Crippen MR) is 82.0 cm³/mol. The fraction of sp³-hybridized carbons (Fsp3) is 0.500. The summed E-state index contributed by atoms with van der Waals surface area (Å²) >= 11 is 1.79. The van der Waals surface area contributed by atoms with E-state index >= 15 is 0 Å². The number of thioether (sulfide) groups is 1. The second kappa shape index (κ2) is 7.28. The molecule has 1 rings (SSSR count). The molecule has 1 unspecified atom stereocenters. The number of hydrogen-bond acceptors (Lipinski definition) is 4. The molecular weight excluding hydrogens is 260 g/mol. The van der Waals surface area contributed by atoms with Crippen molar-refractivity contribution in [2.24, 2.45) is 0 Å². The first kappa shape index (κ1) is 15.7. The summed E-state index contributed by atoms with van der Waals surface area (Å²) in [4.78, 5) is 14.1. The lowest BCUT2D eigenvalue weighted by molar-refractivity contribution is 0.0741. The maximum absolute atomic E-state index is 12.3. The molecule has 0 aliphatic heterocycles. The summed E-state index contributed by atoms with van der Waals surface area (Å²) in [5.41, 5.74) is 6.91. The van der Waals surface area contributed by atoms with Crippen LogP contribution in [-0.2, 0) is 0 Å². The van der Waals surface area contributed by atoms with Gasteiger partial charge in [0.2, 0.25) is 0 Å². The van der Waals surface area contributed by atoms with E-state index in [0.29, 0.717) is 17.0 Å². The summed E-state index contributed by atoms with van der Waals surface area (Å²) in [6, 6.07) is 5.35. The van der Waals surface area contributed by atoms with Crippen LogP contribution in [0.5, 0.6) is 5.75 Å². The third-order valence-corrected chi connectivity index (χ3v) is 3.84. The van der Waals surface area contributed by atoms with Crippen molar-refractivity contribution in [2.75, 3.05) is 31.9 Å². The Balaban J connectivity index is 2.79. The quantitative estimate of drug-likeness (QED) is 0.814. The lowest BCUT2D eigenvalue weighted by Crippen LogP contribution is -2.35. The third kappa shape index (κ3) is 4.06. The average molecular weight is 282 g/mol. The largest absolute Gasteiger partial charge is 0.495 e. The summed E-state index contributed by atoms with van der Waals surface area (Å²) in [7, 11) is 3.39. The Morgan fingerprint density at radius 1 is 1.53 bits per heavy atom. The molecule has 0 fully saturated rings. The molecule has 0 aliphatic carbocycles. The first-order valence-electron chi connectivity index (χ1n) is 6.20. The van der Waals surface area contributed by atoms with Crippen molar-refractivity contribution in [2.45, 2.75) is 19.4 Å². The molecular formula is C14H22N2O2S. The number of carbonyl (C=O) groups is 1. The molecule has 19 heavy (non-hydrogen) atoms. The maximum atomic E-state index is 12.3. The van der Waals surface area contributed by atoms with Crippen LogP contribution in [0, 0.1) is 0 Å². The molecule has 0 bridgehead atoms. The second-order valence-corrected chi connectivity index (χ2v) is 5.49. The van der Waals surface area contributed by atoms with E-state index in [1.165, 1.54) is 0 Å². The van der Waals surface area contributed by atoms with Gasteiger partial charge < -0.3 is 15.4 Å². The Labute approximate surface area is 119 Å². The van der Waals surface area contributed by atoms with Crippen LogP contribution >= 0.6 is 11.8 Å². The van der Waals surface area contributed by atoms with Gasteiger partial charge in [-0.25, -0.2) is 0 Å². The van der Waals surface area contributed by atoms with E-state index in [2.05, 4.69) is 13.2 Å². The van der Waals surface area contributed by atoms with Gasteiger partial charge in [-0.1, -0.05) is 0 Å². The Kier molecular flexibility index (Phi) is 6.02. The van der Waals surface area contributed by atoms with Gasteiger partial charge in [-0.05, 0) is 43.6 Å².